The molecule has 0 aliphatic rings. The molecule has 0 fully saturated rings. The first-order chi connectivity index (χ1) is 8.41. The van der Waals surface area contributed by atoms with E-state index in [0.717, 1.165) is 0 Å². The van der Waals surface area contributed by atoms with Gasteiger partial charge in [-0.1, -0.05) is 69.8 Å². The normalized spacial score (nSPS) is 11.4. The standard InChI is InChI=1S/C15H27.ClH.Mg/c1-3-5-7-9-11-13-15-14-12-10-8-6-4-2;;/h10,12,14-15H,1,3-9,11,13H2,2H3;1H;/q;;+1/p-1/b12-10-,15-14+;;. The van der Waals surface area contributed by atoms with Crippen molar-refractivity contribution in [2.75, 3.05) is 0 Å². The Kier molecular flexibility index (Phi) is 17.1. The minimum atomic E-state index is -0.193. The molecule has 0 N–H and O–H groups in total. The van der Waals surface area contributed by atoms with E-state index in [1.165, 1.54) is 62.3 Å². The molecule has 17 heavy (non-hydrogen) atoms. The molecule has 2 heteroatoms. The maximum Gasteiger partial charge on any atom is 0.501 e. The third kappa shape index (κ3) is 16.5. The van der Waals surface area contributed by atoms with Crippen LogP contribution in [0.3, 0.4) is 0 Å². The maximum atomic E-state index is 5.77. The Labute approximate surface area is 121 Å². The number of rotatable bonds is 12. The quantitative estimate of drug-likeness (QED) is 0.234. The molecule has 0 nitrogen and oxygen atoms in total. The van der Waals surface area contributed by atoms with Gasteiger partial charge in [0.05, 0.1) is 0 Å². The molecule has 0 aromatic heterocycles. The van der Waals surface area contributed by atoms with E-state index in [4.69, 9.17) is 9.07 Å². The van der Waals surface area contributed by atoms with Crippen molar-refractivity contribution in [3.8, 4) is 0 Å². The van der Waals surface area contributed by atoms with Crippen LogP contribution in [0.25, 0.3) is 0 Å². The second kappa shape index (κ2) is 16.5. The molecule has 0 rings (SSSR count). The van der Waals surface area contributed by atoms with Crippen molar-refractivity contribution in [3.05, 3.63) is 24.3 Å². The van der Waals surface area contributed by atoms with Gasteiger partial charge in [-0.3, -0.25) is 0 Å². The molecule has 0 amide bonds. The van der Waals surface area contributed by atoms with Crippen LogP contribution in [0.2, 0.25) is 4.55 Å². The summed E-state index contributed by atoms with van der Waals surface area (Å²) in [4.78, 5) is 0. The third-order valence-corrected chi connectivity index (χ3v) is 4.43. The van der Waals surface area contributed by atoms with E-state index in [-0.39, 0.29) is 19.3 Å². The number of halogens is 1. The Hall–Kier alpha value is 0.536. The van der Waals surface area contributed by atoms with E-state index in [1.54, 1.807) is 0 Å². The van der Waals surface area contributed by atoms with E-state index in [2.05, 4.69) is 31.2 Å². The van der Waals surface area contributed by atoms with Crippen molar-refractivity contribution in [3.63, 3.8) is 0 Å². The fraction of sp³-hybridized carbons (Fsp3) is 0.733. The van der Waals surface area contributed by atoms with Crippen LogP contribution >= 0.6 is 9.07 Å². The molecule has 0 aromatic rings. The maximum absolute atomic E-state index is 5.77. The average molecular weight is 267 g/mol. The summed E-state index contributed by atoms with van der Waals surface area (Å²) in [6.45, 7) is 2.24. The summed E-state index contributed by atoms with van der Waals surface area (Å²) in [5.74, 6) is 0. The predicted octanol–water partition coefficient (Wildman–Crippen LogP) is 5.91. The summed E-state index contributed by atoms with van der Waals surface area (Å²) in [5.41, 5.74) is 0. The molecule has 0 radical (unpaired) electrons. The zero-order chi connectivity index (χ0) is 12.6. The van der Waals surface area contributed by atoms with Crippen LogP contribution in [0.5, 0.6) is 0 Å². The first-order valence-corrected chi connectivity index (χ1v) is 10.4. The fourth-order valence-corrected chi connectivity index (χ4v) is 2.84. The number of allylic oxidation sites excluding steroid dienone is 4. The van der Waals surface area contributed by atoms with E-state index in [0.29, 0.717) is 0 Å². The Morgan fingerprint density at radius 2 is 1.41 bits per heavy atom. The molecular formula is C15H27ClMg. The molecule has 0 saturated carbocycles. The molecule has 0 bridgehead atoms. The van der Waals surface area contributed by atoms with E-state index >= 15 is 0 Å². The predicted molar refractivity (Wildman–Crippen MR) is 81.9 cm³/mol. The fourth-order valence-electron chi connectivity index (χ4n) is 1.74. The zero-order valence-corrected chi connectivity index (χ0v) is 13.6. The average Bonchev–Trinajstić information content (AvgIpc) is 2.35. The summed E-state index contributed by atoms with van der Waals surface area (Å²) >= 11 is -0.193. The molecule has 0 atom stereocenters. The molecule has 0 aromatic carbocycles. The Morgan fingerprint density at radius 3 is 2.06 bits per heavy atom. The monoisotopic (exact) mass is 266 g/mol. The van der Waals surface area contributed by atoms with Gasteiger partial charge in [0, 0.05) is 0 Å². The van der Waals surface area contributed by atoms with Crippen LogP contribution in [-0.4, -0.2) is 19.3 Å². The van der Waals surface area contributed by atoms with Gasteiger partial charge in [0.2, 0.25) is 0 Å². The highest BCUT2D eigenvalue weighted by Crippen LogP contribution is 2.08. The largest absolute Gasteiger partial charge is 0.501 e. The van der Waals surface area contributed by atoms with Crippen molar-refractivity contribution in [1.29, 1.82) is 0 Å². The van der Waals surface area contributed by atoms with Crippen LogP contribution in [-0.2, 0) is 0 Å². The van der Waals surface area contributed by atoms with E-state index in [9.17, 15) is 0 Å². The summed E-state index contributed by atoms with van der Waals surface area (Å²) in [7, 11) is 5.77. The second-order valence-electron chi connectivity index (χ2n) is 4.60. The van der Waals surface area contributed by atoms with Crippen LogP contribution < -0.4 is 0 Å². The van der Waals surface area contributed by atoms with Crippen molar-refractivity contribution in [2.24, 2.45) is 0 Å². The molecule has 0 heterocycles. The SMILES string of the molecule is CCCC/C=C\C=C\CCCCCC[CH2][Mg][Cl]. The third-order valence-electron chi connectivity index (χ3n) is 2.86. The van der Waals surface area contributed by atoms with Gasteiger partial charge in [-0.05, 0) is 19.3 Å². The van der Waals surface area contributed by atoms with E-state index < -0.39 is 0 Å². The topological polar surface area (TPSA) is 0 Å². The summed E-state index contributed by atoms with van der Waals surface area (Å²) < 4.78 is 1.32. The Balaban J connectivity index is 3.11. The second-order valence-corrected chi connectivity index (χ2v) is 6.82. The Bertz CT molecular complexity index is 187. The van der Waals surface area contributed by atoms with Gasteiger partial charge in [0.1, 0.15) is 0 Å². The summed E-state index contributed by atoms with van der Waals surface area (Å²) in [6, 6.07) is 0. The smallest absolute Gasteiger partial charge is 0.346 e. The highest BCUT2D eigenvalue weighted by atomic mass is 35.5. The van der Waals surface area contributed by atoms with Crippen LogP contribution in [0.4, 0.5) is 0 Å². The van der Waals surface area contributed by atoms with Gasteiger partial charge in [0.15, 0.2) is 0 Å². The lowest BCUT2D eigenvalue weighted by Crippen LogP contribution is -1.81. The first kappa shape index (κ1) is 17.5. The number of unbranched alkanes of at least 4 members (excludes halogenated alkanes) is 7. The summed E-state index contributed by atoms with van der Waals surface area (Å²) in [5, 5.41) is 0. The lowest BCUT2D eigenvalue weighted by molar-refractivity contribution is 0.637. The lowest BCUT2D eigenvalue weighted by atomic mass is 10.1. The van der Waals surface area contributed by atoms with Gasteiger partial charge >= 0.3 is 19.3 Å². The van der Waals surface area contributed by atoms with Crippen LogP contribution in [0.1, 0.15) is 64.7 Å². The van der Waals surface area contributed by atoms with E-state index in [1.807, 2.05) is 0 Å². The first-order valence-electron chi connectivity index (χ1n) is 7.29. The zero-order valence-electron chi connectivity index (χ0n) is 11.5. The number of hydrogen-bond donors (Lipinski definition) is 0. The highest BCUT2D eigenvalue weighted by molar-refractivity contribution is 6.93. The number of hydrogen-bond acceptors (Lipinski definition) is 0. The molecule has 0 unspecified atom stereocenters. The van der Waals surface area contributed by atoms with Gasteiger partial charge in [-0.25, -0.2) is 0 Å². The molecular weight excluding hydrogens is 240 g/mol. The van der Waals surface area contributed by atoms with Crippen molar-refractivity contribution in [1.82, 2.24) is 0 Å². The van der Waals surface area contributed by atoms with Gasteiger partial charge < -0.3 is 9.07 Å². The molecule has 0 saturated heterocycles. The van der Waals surface area contributed by atoms with Crippen molar-refractivity contribution >= 4 is 28.3 Å². The van der Waals surface area contributed by atoms with Crippen molar-refractivity contribution in [2.45, 2.75) is 69.3 Å². The molecule has 96 valence electrons. The lowest BCUT2D eigenvalue weighted by Gasteiger charge is -1.97. The molecule has 0 aliphatic heterocycles. The van der Waals surface area contributed by atoms with Gasteiger partial charge in [0.25, 0.3) is 0 Å². The van der Waals surface area contributed by atoms with Crippen LogP contribution in [0, 0.1) is 0 Å². The van der Waals surface area contributed by atoms with Crippen LogP contribution in [0.15, 0.2) is 24.3 Å². The van der Waals surface area contributed by atoms with Gasteiger partial charge in [-0.15, -0.1) is 4.55 Å². The Morgan fingerprint density at radius 1 is 0.824 bits per heavy atom. The van der Waals surface area contributed by atoms with Crippen molar-refractivity contribution < 1.29 is 0 Å². The highest BCUT2D eigenvalue weighted by Gasteiger charge is 1.91. The minimum Gasteiger partial charge on any atom is -0.346 e. The summed E-state index contributed by atoms with van der Waals surface area (Å²) in [6.07, 6.45) is 20.9. The molecule has 0 aliphatic carbocycles. The minimum absolute atomic E-state index is 0.193. The van der Waals surface area contributed by atoms with Gasteiger partial charge in [-0.2, -0.15) is 0 Å². The molecule has 0 spiro atoms.